The van der Waals surface area contributed by atoms with E-state index in [1.54, 1.807) is 0 Å². The fourth-order valence-electron chi connectivity index (χ4n) is 1.00. The molecule has 1 atom stereocenters. The summed E-state index contributed by atoms with van der Waals surface area (Å²) in [5.74, 6) is -1.19. The third kappa shape index (κ3) is 1.90. The van der Waals surface area contributed by atoms with E-state index in [0.717, 1.165) is 6.26 Å². The molecule has 0 aliphatic carbocycles. The summed E-state index contributed by atoms with van der Waals surface area (Å²) in [7, 11) is 0. The van der Waals surface area contributed by atoms with Crippen LogP contribution in [0.15, 0.2) is 16.9 Å². The number of hydrogen-bond acceptors (Lipinski definition) is 3. The van der Waals surface area contributed by atoms with Gasteiger partial charge in [0, 0.05) is 0 Å². The zero-order valence-corrected chi connectivity index (χ0v) is 8.18. The first kappa shape index (κ1) is 11.8. The Balaban J connectivity index is 3.11. The molecule has 0 bridgehead atoms. The van der Waals surface area contributed by atoms with Crippen molar-refractivity contribution in [2.45, 2.75) is 25.6 Å². The third-order valence-corrected chi connectivity index (χ3v) is 2.16. The number of halogens is 3. The second-order valence-corrected chi connectivity index (χ2v) is 3.50. The van der Waals surface area contributed by atoms with E-state index in [0.29, 0.717) is 12.5 Å². The van der Waals surface area contributed by atoms with Crippen LogP contribution >= 0.6 is 0 Å². The molecule has 1 heterocycles. The monoisotopic (exact) mass is 221 g/mol. The molecule has 15 heavy (non-hydrogen) atoms. The highest BCUT2D eigenvalue weighted by molar-refractivity contribution is 6.04. The van der Waals surface area contributed by atoms with E-state index in [-0.39, 0.29) is 5.56 Å². The highest BCUT2D eigenvalue weighted by Gasteiger charge is 2.54. The zero-order chi connectivity index (χ0) is 11.9. The second-order valence-electron chi connectivity index (χ2n) is 3.50. The van der Waals surface area contributed by atoms with E-state index in [1.165, 1.54) is 13.2 Å². The fraction of sp³-hybridized carbons (Fsp3) is 0.444. The topological polar surface area (TPSA) is 56.2 Å². The smallest absolute Gasteiger partial charge is 0.413 e. The minimum absolute atomic E-state index is 0.141. The van der Waals surface area contributed by atoms with Crippen molar-refractivity contribution in [1.29, 1.82) is 0 Å². The van der Waals surface area contributed by atoms with Crippen LogP contribution in [0.5, 0.6) is 0 Å². The van der Waals surface area contributed by atoms with E-state index in [1.807, 2.05) is 0 Å². The predicted octanol–water partition coefficient (Wildman–Crippen LogP) is 2.05. The van der Waals surface area contributed by atoms with Crippen molar-refractivity contribution in [3.8, 4) is 0 Å². The average molecular weight is 221 g/mol. The predicted molar refractivity (Wildman–Crippen MR) is 46.4 cm³/mol. The third-order valence-electron chi connectivity index (χ3n) is 2.16. The molecule has 1 rings (SSSR count). The summed E-state index contributed by atoms with van der Waals surface area (Å²) in [4.78, 5) is 11.5. The number of alkyl halides is 3. The van der Waals surface area contributed by atoms with Crippen LogP contribution in [0.4, 0.5) is 13.2 Å². The van der Waals surface area contributed by atoms with Crippen molar-refractivity contribution in [3.05, 3.63) is 23.7 Å². The summed E-state index contributed by atoms with van der Waals surface area (Å²) in [6, 6.07) is 0. The van der Waals surface area contributed by atoms with Crippen molar-refractivity contribution >= 4 is 5.78 Å². The zero-order valence-electron chi connectivity index (χ0n) is 8.18. The van der Waals surface area contributed by atoms with Crippen LogP contribution in [0.2, 0.25) is 0 Å². The van der Waals surface area contributed by atoms with Gasteiger partial charge in [0.25, 0.3) is 0 Å². The molecule has 84 valence electrons. The van der Waals surface area contributed by atoms with Gasteiger partial charge in [-0.05, 0) is 19.4 Å². The van der Waals surface area contributed by atoms with Gasteiger partial charge in [0.15, 0.2) is 11.3 Å². The maximum atomic E-state index is 12.4. The molecule has 1 aromatic rings. The molecule has 1 unspecified atom stereocenters. The molecule has 0 saturated carbocycles. The summed E-state index contributed by atoms with van der Waals surface area (Å²) >= 11 is 0. The largest absolute Gasteiger partial charge is 0.472 e. The molecule has 0 spiro atoms. The second kappa shape index (κ2) is 3.37. The van der Waals surface area contributed by atoms with Gasteiger partial charge < -0.3 is 10.2 Å². The number of furan rings is 1. The molecule has 0 aliphatic heterocycles. The van der Waals surface area contributed by atoms with E-state index in [9.17, 15) is 18.0 Å². The van der Waals surface area contributed by atoms with Crippen LogP contribution < -0.4 is 5.73 Å². The van der Waals surface area contributed by atoms with Gasteiger partial charge in [-0.15, -0.1) is 0 Å². The quantitative estimate of drug-likeness (QED) is 0.777. The van der Waals surface area contributed by atoms with Gasteiger partial charge >= 0.3 is 6.18 Å². The first-order chi connectivity index (χ1) is 6.68. The molecule has 0 aliphatic rings. The number of ketones is 1. The summed E-state index contributed by atoms with van der Waals surface area (Å²) in [6.07, 6.45) is -2.62. The molecule has 0 radical (unpaired) electrons. The van der Waals surface area contributed by atoms with Crippen LogP contribution in [-0.4, -0.2) is 17.5 Å². The van der Waals surface area contributed by atoms with Crippen molar-refractivity contribution in [3.63, 3.8) is 0 Å². The Morgan fingerprint density at radius 2 is 1.93 bits per heavy atom. The maximum absolute atomic E-state index is 12.4. The normalized spacial score (nSPS) is 16.1. The first-order valence-corrected chi connectivity index (χ1v) is 4.11. The minimum Gasteiger partial charge on any atom is -0.472 e. The lowest BCUT2D eigenvalue weighted by Gasteiger charge is -2.25. The Labute approximate surface area is 84.0 Å². The minimum atomic E-state index is -4.78. The van der Waals surface area contributed by atoms with Crippen molar-refractivity contribution in [1.82, 2.24) is 0 Å². The van der Waals surface area contributed by atoms with Crippen molar-refractivity contribution in [2.75, 3.05) is 0 Å². The van der Waals surface area contributed by atoms with Crippen LogP contribution in [-0.2, 0) is 0 Å². The molecular formula is C9H10F3NO2. The number of carbonyl (C=O) groups excluding carboxylic acids is 1. The molecule has 1 aromatic heterocycles. The lowest BCUT2D eigenvalue weighted by Crippen LogP contribution is -2.57. The Bertz CT molecular complexity index is 379. The number of Topliss-reactive ketones (excluding diaryl/α,β-unsaturated/α-hetero) is 1. The molecular weight excluding hydrogens is 211 g/mol. The van der Waals surface area contributed by atoms with E-state index >= 15 is 0 Å². The number of hydrogen-bond donors (Lipinski definition) is 1. The Kier molecular flexibility index (Phi) is 2.65. The van der Waals surface area contributed by atoms with E-state index < -0.39 is 17.5 Å². The highest BCUT2D eigenvalue weighted by Crippen LogP contribution is 2.31. The lowest BCUT2D eigenvalue weighted by molar-refractivity contribution is -0.165. The van der Waals surface area contributed by atoms with Crippen molar-refractivity contribution < 1.29 is 22.4 Å². The molecule has 0 saturated heterocycles. The van der Waals surface area contributed by atoms with Gasteiger partial charge in [-0.2, -0.15) is 13.2 Å². The molecule has 2 N–H and O–H groups in total. The molecule has 6 heteroatoms. The number of aryl methyl sites for hydroxylation is 1. The lowest BCUT2D eigenvalue weighted by atomic mass is 9.91. The van der Waals surface area contributed by atoms with Crippen LogP contribution in [0, 0.1) is 6.92 Å². The Hall–Kier alpha value is -1.30. The Morgan fingerprint density at radius 3 is 2.27 bits per heavy atom. The number of nitrogens with two attached hydrogens (primary N) is 1. The molecule has 0 fully saturated rings. The van der Waals surface area contributed by atoms with Gasteiger partial charge in [-0.1, -0.05) is 0 Å². The standard InChI is InChI=1S/C9H10F3NO2/c1-5-3-15-4-6(5)7(14)8(2,13)9(10,11)12/h3-4H,13H2,1-2H3. The van der Waals surface area contributed by atoms with E-state index in [4.69, 9.17) is 5.73 Å². The maximum Gasteiger partial charge on any atom is 0.413 e. The molecule has 0 amide bonds. The van der Waals surface area contributed by atoms with E-state index in [2.05, 4.69) is 4.42 Å². The van der Waals surface area contributed by atoms with Gasteiger partial charge in [-0.25, -0.2) is 0 Å². The first-order valence-electron chi connectivity index (χ1n) is 4.11. The summed E-state index contributed by atoms with van der Waals surface area (Å²) < 4.78 is 41.9. The number of carbonyl (C=O) groups is 1. The molecule has 0 aromatic carbocycles. The summed E-state index contributed by atoms with van der Waals surface area (Å²) in [5, 5.41) is 0. The van der Waals surface area contributed by atoms with Gasteiger partial charge in [0.05, 0.1) is 11.8 Å². The SMILES string of the molecule is Cc1cocc1C(=O)C(C)(N)C(F)(F)F. The van der Waals surface area contributed by atoms with Crippen LogP contribution in [0.25, 0.3) is 0 Å². The summed E-state index contributed by atoms with van der Waals surface area (Å²) in [6.45, 7) is 2.12. The average Bonchev–Trinajstić information content (AvgIpc) is 2.48. The summed E-state index contributed by atoms with van der Waals surface area (Å²) in [5.41, 5.74) is 2.29. The van der Waals surface area contributed by atoms with Gasteiger partial charge in [0.1, 0.15) is 6.26 Å². The fourth-order valence-corrected chi connectivity index (χ4v) is 1.00. The van der Waals surface area contributed by atoms with Crippen LogP contribution in [0.3, 0.4) is 0 Å². The van der Waals surface area contributed by atoms with Gasteiger partial charge in [0.2, 0.25) is 0 Å². The number of rotatable bonds is 2. The van der Waals surface area contributed by atoms with Crippen molar-refractivity contribution in [2.24, 2.45) is 5.73 Å². The highest BCUT2D eigenvalue weighted by atomic mass is 19.4. The van der Waals surface area contributed by atoms with Gasteiger partial charge in [-0.3, -0.25) is 4.79 Å². The van der Waals surface area contributed by atoms with Crippen LogP contribution in [0.1, 0.15) is 22.8 Å². The molecule has 3 nitrogen and oxygen atoms in total. The Morgan fingerprint density at radius 1 is 1.40 bits per heavy atom.